The molecule has 0 bridgehead atoms. The molecule has 2 rings (SSSR count). The molecule has 0 saturated heterocycles. The normalized spacial score (nSPS) is 19.8. The quantitative estimate of drug-likeness (QED) is 0.575. The second-order valence-corrected chi connectivity index (χ2v) is 4.59. The lowest BCUT2D eigenvalue weighted by Crippen LogP contribution is -2.36. The van der Waals surface area contributed by atoms with Gasteiger partial charge in [0.1, 0.15) is 0 Å². The predicted octanol–water partition coefficient (Wildman–Crippen LogP) is 2.36. The monoisotopic (exact) mass is 196 g/mol. The minimum Gasteiger partial charge on any atom is -0.271 e. The van der Waals surface area contributed by atoms with Gasteiger partial charge in [-0.25, -0.2) is 0 Å². The zero-order valence-electron chi connectivity index (χ0n) is 7.92. The number of hydrogen-bond donors (Lipinski definition) is 2. The van der Waals surface area contributed by atoms with E-state index in [4.69, 9.17) is 5.84 Å². The van der Waals surface area contributed by atoms with Gasteiger partial charge in [-0.2, -0.15) is 11.3 Å². The standard InChI is InChI=1S/C10H16N2S/c1-7-5-13-6-9(7)10(12-11)8-3-2-4-8/h5-6,8,10,12H,2-4,11H2,1H3. The summed E-state index contributed by atoms with van der Waals surface area (Å²) in [7, 11) is 0. The summed E-state index contributed by atoms with van der Waals surface area (Å²) in [5.74, 6) is 6.36. The molecular weight excluding hydrogens is 180 g/mol. The van der Waals surface area contributed by atoms with E-state index >= 15 is 0 Å². The molecular formula is C10H16N2S. The number of thiophene rings is 1. The average Bonchev–Trinajstić information content (AvgIpc) is 2.43. The van der Waals surface area contributed by atoms with Crippen LogP contribution in [0.3, 0.4) is 0 Å². The molecule has 13 heavy (non-hydrogen) atoms. The molecule has 0 amide bonds. The molecule has 1 saturated carbocycles. The van der Waals surface area contributed by atoms with Crippen molar-refractivity contribution in [3.8, 4) is 0 Å². The smallest absolute Gasteiger partial charge is 0.0499 e. The Hall–Kier alpha value is -0.380. The van der Waals surface area contributed by atoms with E-state index in [0.717, 1.165) is 5.92 Å². The van der Waals surface area contributed by atoms with E-state index in [0.29, 0.717) is 6.04 Å². The van der Waals surface area contributed by atoms with E-state index in [9.17, 15) is 0 Å². The Bertz CT molecular complexity index is 278. The number of nitrogens with two attached hydrogens (primary N) is 1. The van der Waals surface area contributed by atoms with Gasteiger partial charge in [0.05, 0.1) is 0 Å². The molecule has 0 aromatic carbocycles. The summed E-state index contributed by atoms with van der Waals surface area (Å²) < 4.78 is 0. The highest BCUT2D eigenvalue weighted by Crippen LogP contribution is 2.38. The molecule has 1 aliphatic carbocycles. The van der Waals surface area contributed by atoms with Gasteiger partial charge in [0.25, 0.3) is 0 Å². The van der Waals surface area contributed by atoms with Crippen molar-refractivity contribution in [1.29, 1.82) is 0 Å². The van der Waals surface area contributed by atoms with Gasteiger partial charge in [-0.15, -0.1) is 0 Å². The van der Waals surface area contributed by atoms with Gasteiger partial charge >= 0.3 is 0 Å². The first kappa shape index (κ1) is 9.19. The molecule has 0 radical (unpaired) electrons. The number of hydrogen-bond acceptors (Lipinski definition) is 3. The Kier molecular flexibility index (Phi) is 2.67. The van der Waals surface area contributed by atoms with Gasteiger partial charge in [-0.05, 0) is 47.6 Å². The van der Waals surface area contributed by atoms with Gasteiger partial charge in [0.15, 0.2) is 0 Å². The van der Waals surface area contributed by atoms with Gasteiger partial charge in [0.2, 0.25) is 0 Å². The lowest BCUT2D eigenvalue weighted by Gasteiger charge is -2.33. The summed E-state index contributed by atoms with van der Waals surface area (Å²) in [5, 5.41) is 4.41. The second-order valence-electron chi connectivity index (χ2n) is 3.85. The molecule has 72 valence electrons. The van der Waals surface area contributed by atoms with E-state index in [-0.39, 0.29) is 0 Å². The zero-order valence-corrected chi connectivity index (χ0v) is 8.73. The van der Waals surface area contributed by atoms with Crippen LogP contribution in [-0.2, 0) is 0 Å². The first-order chi connectivity index (χ1) is 6.33. The van der Waals surface area contributed by atoms with Crippen LogP contribution in [0.25, 0.3) is 0 Å². The third-order valence-corrected chi connectivity index (χ3v) is 3.91. The Morgan fingerprint density at radius 2 is 2.31 bits per heavy atom. The van der Waals surface area contributed by atoms with Crippen molar-refractivity contribution in [2.45, 2.75) is 32.2 Å². The van der Waals surface area contributed by atoms with Crippen LogP contribution in [0.1, 0.15) is 36.4 Å². The number of rotatable bonds is 3. The highest BCUT2D eigenvalue weighted by Gasteiger charge is 2.28. The third kappa shape index (κ3) is 1.64. The second kappa shape index (κ2) is 3.78. The first-order valence-electron chi connectivity index (χ1n) is 4.81. The van der Waals surface area contributed by atoms with Crippen molar-refractivity contribution in [2.75, 3.05) is 0 Å². The molecule has 0 spiro atoms. The predicted molar refractivity (Wildman–Crippen MR) is 56.5 cm³/mol. The molecule has 1 heterocycles. The Morgan fingerprint density at radius 3 is 2.69 bits per heavy atom. The molecule has 2 nitrogen and oxygen atoms in total. The highest BCUT2D eigenvalue weighted by molar-refractivity contribution is 7.08. The van der Waals surface area contributed by atoms with Gasteiger partial charge in [-0.3, -0.25) is 11.3 Å². The molecule has 1 aliphatic rings. The molecule has 3 N–H and O–H groups in total. The molecule has 1 aromatic rings. The van der Waals surface area contributed by atoms with Crippen LogP contribution in [-0.4, -0.2) is 0 Å². The van der Waals surface area contributed by atoms with E-state index in [1.165, 1.54) is 30.4 Å². The van der Waals surface area contributed by atoms with Crippen LogP contribution >= 0.6 is 11.3 Å². The van der Waals surface area contributed by atoms with Crippen LogP contribution in [0.2, 0.25) is 0 Å². The van der Waals surface area contributed by atoms with Crippen LogP contribution in [0.15, 0.2) is 10.8 Å². The van der Waals surface area contributed by atoms with Gasteiger partial charge in [0, 0.05) is 6.04 Å². The van der Waals surface area contributed by atoms with Gasteiger partial charge < -0.3 is 0 Å². The minimum absolute atomic E-state index is 0.389. The Labute approximate surface area is 83.1 Å². The number of hydrazine groups is 1. The van der Waals surface area contributed by atoms with Crippen LogP contribution in [0.5, 0.6) is 0 Å². The fourth-order valence-corrected chi connectivity index (χ4v) is 2.83. The van der Waals surface area contributed by atoms with Crippen LogP contribution in [0, 0.1) is 12.8 Å². The molecule has 1 unspecified atom stereocenters. The molecule has 3 heteroatoms. The molecule has 0 aliphatic heterocycles. The lowest BCUT2D eigenvalue weighted by atomic mass is 9.77. The van der Waals surface area contributed by atoms with Crippen molar-refractivity contribution < 1.29 is 0 Å². The maximum atomic E-state index is 5.60. The number of aryl methyl sites for hydroxylation is 1. The summed E-state index contributed by atoms with van der Waals surface area (Å²) in [4.78, 5) is 0. The fraction of sp³-hybridized carbons (Fsp3) is 0.600. The van der Waals surface area contributed by atoms with Crippen molar-refractivity contribution in [3.05, 3.63) is 21.9 Å². The average molecular weight is 196 g/mol. The molecule has 1 atom stereocenters. The molecule has 1 aromatic heterocycles. The Balaban J connectivity index is 2.16. The Morgan fingerprint density at radius 1 is 1.54 bits per heavy atom. The fourth-order valence-electron chi connectivity index (χ4n) is 1.94. The summed E-state index contributed by atoms with van der Waals surface area (Å²) in [6.45, 7) is 2.16. The minimum atomic E-state index is 0.389. The van der Waals surface area contributed by atoms with Gasteiger partial charge in [-0.1, -0.05) is 6.42 Å². The SMILES string of the molecule is Cc1cscc1C(NN)C1CCC1. The van der Waals surface area contributed by atoms with Crippen LogP contribution in [0.4, 0.5) is 0 Å². The summed E-state index contributed by atoms with van der Waals surface area (Å²) in [6.07, 6.45) is 4.01. The van der Waals surface area contributed by atoms with E-state index in [1.54, 1.807) is 11.3 Å². The summed E-state index contributed by atoms with van der Waals surface area (Å²) in [5.41, 5.74) is 5.73. The maximum Gasteiger partial charge on any atom is 0.0499 e. The summed E-state index contributed by atoms with van der Waals surface area (Å²) in [6, 6.07) is 0.389. The largest absolute Gasteiger partial charge is 0.271 e. The number of nitrogens with one attached hydrogen (secondary N) is 1. The third-order valence-electron chi connectivity index (χ3n) is 3.03. The van der Waals surface area contributed by atoms with Crippen molar-refractivity contribution in [3.63, 3.8) is 0 Å². The van der Waals surface area contributed by atoms with Crippen molar-refractivity contribution in [2.24, 2.45) is 11.8 Å². The van der Waals surface area contributed by atoms with E-state index < -0.39 is 0 Å². The van der Waals surface area contributed by atoms with E-state index in [1.807, 2.05) is 0 Å². The van der Waals surface area contributed by atoms with Crippen molar-refractivity contribution >= 4 is 11.3 Å². The van der Waals surface area contributed by atoms with Crippen molar-refractivity contribution in [1.82, 2.24) is 5.43 Å². The topological polar surface area (TPSA) is 38.0 Å². The first-order valence-corrected chi connectivity index (χ1v) is 5.76. The van der Waals surface area contributed by atoms with Crippen LogP contribution < -0.4 is 11.3 Å². The lowest BCUT2D eigenvalue weighted by molar-refractivity contribution is 0.232. The zero-order chi connectivity index (χ0) is 9.26. The molecule has 1 fully saturated rings. The highest BCUT2D eigenvalue weighted by atomic mass is 32.1. The maximum absolute atomic E-state index is 5.60. The summed E-state index contributed by atoms with van der Waals surface area (Å²) >= 11 is 1.77. The van der Waals surface area contributed by atoms with E-state index in [2.05, 4.69) is 23.1 Å².